The van der Waals surface area contributed by atoms with E-state index in [1.165, 1.54) is 0 Å². The Balaban J connectivity index is -0.0000000267. The topological polar surface area (TPSA) is 145 Å². The second kappa shape index (κ2) is 7.14. The third-order valence-electron chi connectivity index (χ3n) is 0. The van der Waals surface area contributed by atoms with E-state index in [0.717, 1.165) is 0 Å². The van der Waals surface area contributed by atoms with Gasteiger partial charge in [-0.15, -0.1) is 0 Å². The van der Waals surface area contributed by atoms with Crippen LogP contribution in [0.5, 0.6) is 0 Å². The summed E-state index contributed by atoms with van der Waals surface area (Å²) in [5.74, 6) is 0. The van der Waals surface area contributed by atoms with E-state index in [1.807, 2.05) is 0 Å². The smallest absolute Gasteiger partial charge is 0.344 e. The Morgan fingerprint density at radius 1 is 1.00 bits per heavy atom. The average molecular weight is 166 g/mol. The van der Waals surface area contributed by atoms with Gasteiger partial charge in [0.05, 0.1) is 0 Å². The molecule has 8 heavy (non-hydrogen) atoms. The highest BCUT2D eigenvalue weighted by Gasteiger charge is 1.84. The van der Waals surface area contributed by atoms with E-state index in [-0.39, 0.29) is 25.8 Å². The zero-order chi connectivity index (χ0) is 4.50. The van der Waals surface area contributed by atoms with Crippen molar-refractivity contribution >= 4 is 23.9 Å². The van der Waals surface area contributed by atoms with E-state index in [9.17, 15) is 0 Å². The Hall–Kier alpha value is 0.140. The fourth-order valence-corrected chi connectivity index (χ4v) is 0. The number of hydrogen-bond donors (Lipinski definition) is 4. The second-order valence-corrected chi connectivity index (χ2v) is 1.34. The van der Waals surface area contributed by atoms with Crippen molar-refractivity contribution in [1.82, 2.24) is 12.3 Å². The third kappa shape index (κ3) is 8280. The average Bonchev–Trinajstić information content (AvgIpc) is 0.722. The van der Waals surface area contributed by atoms with E-state index in [2.05, 4.69) is 0 Å². The maximum Gasteiger partial charge on any atom is 0.394 e. The van der Waals surface area contributed by atoms with E-state index in [0.29, 0.717) is 0 Å². The summed E-state index contributed by atoms with van der Waals surface area (Å²) < 4.78 is 31.6. The molecule has 0 saturated carbocycles. The fourth-order valence-electron chi connectivity index (χ4n) is 0. The lowest BCUT2D eigenvalue weighted by atomic mass is 14.0. The van der Waals surface area contributed by atoms with Gasteiger partial charge in [-0.05, 0) is 0 Å². The van der Waals surface area contributed by atoms with Crippen LogP contribution in [0, 0.1) is 0 Å². The molecule has 0 aromatic carbocycles. The van der Waals surface area contributed by atoms with Crippen molar-refractivity contribution in [2.75, 3.05) is 0 Å². The molecular weight excluding hydrogens is 156 g/mol. The van der Waals surface area contributed by atoms with Gasteiger partial charge in [0, 0.05) is 0 Å². The Kier molecular flexibility index (Phi) is 21.6. The highest BCUT2D eigenvalue weighted by molar-refractivity contribution is 7.79. The fraction of sp³-hybridized carbons (Fsp3) is 0. The van der Waals surface area contributed by atoms with Gasteiger partial charge in [0.1, 0.15) is 0 Å². The largest absolute Gasteiger partial charge is 0.394 e. The minimum Gasteiger partial charge on any atom is -0.344 e. The first kappa shape index (κ1) is 24.2. The van der Waals surface area contributed by atoms with Gasteiger partial charge in [0.2, 0.25) is 0 Å². The quantitative estimate of drug-likeness (QED) is 0.366. The van der Waals surface area contributed by atoms with Crippen LogP contribution in [0.2, 0.25) is 0 Å². The highest BCUT2D eigenvalue weighted by Crippen LogP contribution is 1.59. The summed E-state index contributed by atoms with van der Waals surface area (Å²) >= 11 is 0. The maximum atomic E-state index is 8.74. The zero-order valence-electron chi connectivity index (χ0n) is 4.03. The molecule has 0 radical (unpaired) electrons. The minimum atomic E-state index is -4.67. The molecule has 0 amide bonds. The summed E-state index contributed by atoms with van der Waals surface area (Å²) in [6.45, 7) is 0. The van der Waals surface area contributed by atoms with Crippen LogP contribution in [0.15, 0.2) is 0 Å². The SMILES string of the molecule is N.N.O=S(=O)(O)O.S. The molecule has 0 spiro atoms. The van der Waals surface area contributed by atoms with E-state index < -0.39 is 10.4 Å². The molecule has 0 unspecified atom stereocenters. The molecule has 0 aliphatic rings. The summed E-state index contributed by atoms with van der Waals surface area (Å²) in [7, 11) is -4.67. The molecule has 0 saturated heterocycles. The Morgan fingerprint density at radius 3 is 1.00 bits per heavy atom. The van der Waals surface area contributed by atoms with Gasteiger partial charge in [-0.3, -0.25) is 9.11 Å². The van der Waals surface area contributed by atoms with Gasteiger partial charge in [-0.25, -0.2) is 0 Å². The monoisotopic (exact) mass is 166 g/mol. The third-order valence-corrected chi connectivity index (χ3v) is 0. The molecule has 56 valence electrons. The van der Waals surface area contributed by atoms with Crippen LogP contribution < -0.4 is 12.3 Å². The molecule has 0 bridgehead atoms. The van der Waals surface area contributed by atoms with Crippen LogP contribution in [-0.4, -0.2) is 17.5 Å². The van der Waals surface area contributed by atoms with Gasteiger partial charge in [-0.2, -0.15) is 21.9 Å². The standard InChI is InChI=1S/2H3N.H2O4S.H2S/c;;1-5(2,3)4;/h2*1H3;(H2,1,2,3,4);1H2. The summed E-state index contributed by atoms with van der Waals surface area (Å²) in [4.78, 5) is 0. The first-order chi connectivity index (χ1) is 2.00. The van der Waals surface area contributed by atoms with Crippen LogP contribution in [0.25, 0.3) is 0 Å². The zero-order valence-corrected chi connectivity index (χ0v) is 5.85. The molecule has 0 aliphatic heterocycles. The van der Waals surface area contributed by atoms with Gasteiger partial charge in [-0.1, -0.05) is 0 Å². The van der Waals surface area contributed by atoms with Crippen molar-refractivity contribution in [2.45, 2.75) is 0 Å². The summed E-state index contributed by atoms with van der Waals surface area (Å²) in [5, 5.41) is 0. The van der Waals surface area contributed by atoms with Crippen molar-refractivity contribution in [1.29, 1.82) is 0 Å². The van der Waals surface area contributed by atoms with Gasteiger partial charge in [0.25, 0.3) is 0 Å². The molecule has 0 atom stereocenters. The van der Waals surface area contributed by atoms with E-state index in [4.69, 9.17) is 17.5 Å². The molecule has 0 heterocycles. The molecular formula is H10N2O4S2. The summed E-state index contributed by atoms with van der Waals surface area (Å²) in [6.07, 6.45) is 0. The van der Waals surface area contributed by atoms with Crippen molar-refractivity contribution in [3.8, 4) is 0 Å². The van der Waals surface area contributed by atoms with Crippen LogP contribution in [0.4, 0.5) is 0 Å². The Morgan fingerprint density at radius 2 is 1.00 bits per heavy atom. The van der Waals surface area contributed by atoms with Gasteiger partial charge >= 0.3 is 10.4 Å². The van der Waals surface area contributed by atoms with Crippen LogP contribution >= 0.6 is 13.5 Å². The second-order valence-electron chi connectivity index (χ2n) is 0.448. The van der Waals surface area contributed by atoms with Crippen molar-refractivity contribution in [3.05, 3.63) is 0 Å². The summed E-state index contributed by atoms with van der Waals surface area (Å²) in [6, 6.07) is 0. The van der Waals surface area contributed by atoms with E-state index in [1.54, 1.807) is 0 Å². The van der Waals surface area contributed by atoms with Crippen molar-refractivity contribution < 1.29 is 17.5 Å². The molecule has 0 fully saturated rings. The van der Waals surface area contributed by atoms with Gasteiger partial charge in [0.15, 0.2) is 0 Å². The molecule has 0 aromatic rings. The molecule has 0 rings (SSSR count). The van der Waals surface area contributed by atoms with Crippen LogP contribution in [0.1, 0.15) is 0 Å². The first-order valence-corrected chi connectivity index (χ1v) is 2.10. The predicted octanol–water partition coefficient (Wildman–Crippen LogP) is -0.216. The molecule has 6 nitrogen and oxygen atoms in total. The maximum absolute atomic E-state index is 8.74. The molecule has 8 N–H and O–H groups in total. The van der Waals surface area contributed by atoms with Crippen LogP contribution in [0.3, 0.4) is 0 Å². The lowest BCUT2D eigenvalue weighted by Crippen LogP contribution is -1.89. The van der Waals surface area contributed by atoms with Gasteiger partial charge < -0.3 is 12.3 Å². The Labute approximate surface area is 54.5 Å². The minimum absolute atomic E-state index is 0. The lowest BCUT2D eigenvalue weighted by molar-refractivity contribution is 0.381. The Bertz CT molecular complexity index is 95.2. The first-order valence-electron chi connectivity index (χ1n) is 0.698. The predicted molar refractivity (Wildman–Crippen MR) is 34.6 cm³/mol. The normalized spacial score (nSPS) is 7.25. The van der Waals surface area contributed by atoms with E-state index >= 15 is 0 Å². The van der Waals surface area contributed by atoms with Crippen molar-refractivity contribution in [3.63, 3.8) is 0 Å². The molecule has 0 aromatic heterocycles. The number of hydrogen-bond acceptors (Lipinski definition) is 4. The molecule has 8 heteroatoms. The van der Waals surface area contributed by atoms with Crippen LogP contribution in [-0.2, 0) is 10.4 Å². The summed E-state index contributed by atoms with van der Waals surface area (Å²) in [5.41, 5.74) is 0. The molecule has 0 aliphatic carbocycles. The lowest BCUT2D eigenvalue weighted by Gasteiger charge is -1.68. The van der Waals surface area contributed by atoms with Crippen molar-refractivity contribution in [2.24, 2.45) is 0 Å². The number of rotatable bonds is 0. The highest BCUT2D eigenvalue weighted by atomic mass is 32.3.